The Morgan fingerprint density at radius 1 is 1.30 bits per heavy atom. The predicted octanol–water partition coefficient (Wildman–Crippen LogP) is 2.74. The number of nitrogens with two attached hydrogens (primary N) is 1. The molecule has 6 heteroatoms. The van der Waals surface area contributed by atoms with Crippen LogP contribution in [0.1, 0.15) is 27.7 Å². The molecule has 0 aliphatic carbocycles. The lowest BCUT2D eigenvalue weighted by Crippen LogP contribution is -2.26. The number of tetrazole rings is 1. The fourth-order valence-electron chi connectivity index (χ4n) is 1.83. The van der Waals surface area contributed by atoms with Crippen LogP contribution in [0.2, 0.25) is 0 Å². The van der Waals surface area contributed by atoms with Gasteiger partial charge in [-0.25, -0.2) is 9.07 Å². The van der Waals surface area contributed by atoms with Crippen LogP contribution < -0.4 is 5.73 Å². The second kappa shape index (κ2) is 5.19. The fraction of sp³-hybridized carbons (Fsp3) is 0.500. The molecule has 1 heterocycles. The highest BCUT2D eigenvalue weighted by molar-refractivity contribution is 5.61. The molecule has 0 fully saturated rings. The topological polar surface area (TPSA) is 69.6 Å². The van der Waals surface area contributed by atoms with E-state index >= 15 is 0 Å². The Hall–Kier alpha value is -1.98. The minimum atomic E-state index is -0.391. The highest BCUT2D eigenvalue weighted by atomic mass is 19.1. The van der Waals surface area contributed by atoms with Crippen molar-refractivity contribution in [2.75, 3.05) is 5.73 Å². The predicted molar refractivity (Wildman–Crippen MR) is 76.2 cm³/mol. The molecule has 0 unspecified atom stereocenters. The average molecular weight is 277 g/mol. The van der Waals surface area contributed by atoms with Crippen molar-refractivity contribution in [2.24, 2.45) is 11.3 Å². The summed E-state index contributed by atoms with van der Waals surface area (Å²) < 4.78 is 15.2. The first-order valence-corrected chi connectivity index (χ1v) is 6.62. The first-order chi connectivity index (χ1) is 9.29. The zero-order chi connectivity index (χ0) is 14.9. The molecule has 0 aliphatic heterocycles. The van der Waals surface area contributed by atoms with Crippen molar-refractivity contribution in [3.63, 3.8) is 0 Å². The van der Waals surface area contributed by atoms with E-state index < -0.39 is 5.82 Å². The molecule has 0 amide bonds. The molecule has 108 valence electrons. The summed E-state index contributed by atoms with van der Waals surface area (Å²) in [7, 11) is 0. The quantitative estimate of drug-likeness (QED) is 0.872. The van der Waals surface area contributed by atoms with E-state index in [1.807, 2.05) is 0 Å². The van der Waals surface area contributed by atoms with Gasteiger partial charge in [-0.2, -0.15) is 0 Å². The Kier molecular flexibility index (Phi) is 3.74. The molecule has 20 heavy (non-hydrogen) atoms. The monoisotopic (exact) mass is 277 g/mol. The van der Waals surface area contributed by atoms with E-state index in [1.54, 1.807) is 10.7 Å². The largest absolute Gasteiger partial charge is 0.399 e. The van der Waals surface area contributed by atoms with Gasteiger partial charge in [0.1, 0.15) is 5.82 Å². The lowest BCUT2D eigenvalue weighted by atomic mass is 9.81. The van der Waals surface area contributed by atoms with Crippen LogP contribution in [0, 0.1) is 17.2 Å². The van der Waals surface area contributed by atoms with Gasteiger partial charge in [0.05, 0.1) is 6.54 Å². The number of nitrogens with zero attached hydrogens (tertiary/aromatic N) is 4. The number of benzene rings is 1. The fourth-order valence-corrected chi connectivity index (χ4v) is 1.83. The lowest BCUT2D eigenvalue weighted by molar-refractivity contribution is 0.200. The molecule has 5 nitrogen and oxygen atoms in total. The number of rotatable bonds is 4. The molecule has 2 aromatic rings. The van der Waals surface area contributed by atoms with Gasteiger partial charge in [-0.3, -0.25) is 0 Å². The van der Waals surface area contributed by atoms with Gasteiger partial charge in [0.2, 0.25) is 0 Å². The first-order valence-electron chi connectivity index (χ1n) is 6.62. The molecular formula is C14H20FN5. The van der Waals surface area contributed by atoms with Crippen molar-refractivity contribution in [3.8, 4) is 11.4 Å². The smallest absolute Gasteiger partial charge is 0.182 e. The van der Waals surface area contributed by atoms with Crippen molar-refractivity contribution in [1.82, 2.24) is 20.2 Å². The Morgan fingerprint density at radius 3 is 2.60 bits per heavy atom. The van der Waals surface area contributed by atoms with Crippen molar-refractivity contribution in [1.29, 1.82) is 0 Å². The number of hydrogen-bond donors (Lipinski definition) is 1. The molecule has 0 saturated carbocycles. The van der Waals surface area contributed by atoms with Crippen LogP contribution in [0.15, 0.2) is 18.2 Å². The maximum Gasteiger partial charge on any atom is 0.182 e. The Bertz CT molecular complexity index is 583. The van der Waals surface area contributed by atoms with Crippen LogP contribution in [0.5, 0.6) is 0 Å². The van der Waals surface area contributed by atoms with Gasteiger partial charge in [-0.1, -0.05) is 27.7 Å². The summed E-state index contributed by atoms with van der Waals surface area (Å²) in [6.07, 6.45) is 0. The molecule has 0 radical (unpaired) electrons. The van der Waals surface area contributed by atoms with Crippen molar-refractivity contribution < 1.29 is 4.39 Å². The molecule has 0 spiro atoms. The number of aromatic nitrogens is 4. The summed E-state index contributed by atoms with van der Waals surface area (Å²) in [5.74, 6) is 0.611. The van der Waals surface area contributed by atoms with E-state index in [9.17, 15) is 4.39 Å². The summed E-state index contributed by atoms with van der Waals surface area (Å²) in [5, 5.41) is 11.7. The van der Waals surface area contributed by atoms with Crippen LogP contribution in [-0.4, -0.2) is 20.2 Å². The maximum atomic E-state index is 13.5. The van der Waals surface area contributed by atoms with Gasteiger partial charge < -0.3 is 5.73 Å². The minimum Gasteiger partial charge on any atom is -0.399 e. The van der Waals surface area contributed by atoms with Gasteiger partial charge in [0.25, 0.3) is 0 Å². The van der Waals surface area contributed by atoms with Crippen LogP contribution in [0.4, 0.5) is 10.1 Å². The highest BCUT2D eigenvalue weighted by Crippen LogP contribution is 2.29. The molecule has 0 atom stereocenters. The highest BCUT2D eigenvalue weighted by Gasteiger charge is 2.25. The van der Waals surface area contributed by atoms with E-state index in [0.717, 1.165) is 0 Å². The molecule has 2 rings (SSSR count). The SMILES string of the molecule is CC(C)C(C)(C)Cn1nnnc1-c1cc(N)cc(F)c1. The van der Waals surface area contributed by atoms with Crippen LogP contribution in [-0.2, 0) is 6.54 Å². The van der Waals surface area contributed by atoms with Crippen LogP contribution in [0.25, 0.3) is 11.4 Å². The zero-order valence-corrected chi connectivity index (χ0v) is 12.3. The first kappa shape index (κ1) is 14.4. The second-order valence-electron chi connectivity index (χ2n) is 6.08. The summed E-state index contributed by atoms with van der Waals surface area (Å²) in [5.41, 5.74) is 6.65. The van der Waals surface area contributed by atoms with E-state index in [0.29, 0.717) is 29.5 Å². The Morgan fingerprint density at radius 2 is 2.00 bits per heavy atom. The van der Waals surface area contributed by atoms with E-state index in [1.165, 1.54) is 12.1 Å². The molecule has 1 aromatic heterocycles. The lowest BCUT2D eigenvalue weighted by Gasteiger charge is -2.29. The van der Waals surface area contributed by atoms with Crippen molar-refractivity contribution >= 4 is 5.69 Å². The number of halogens is 1. The summed E-state index contributed by atoms with van der Waals surface area (Å²) in [4.78, 5) is 0. The van der Waals surface area contributed by atoms with Gasteiger partial charge in [0.15, 0.2) is 5.82 Å². The molecular weight excluding hydrogens is 257 g/mol. The summed E-state index contributed by atoms with van der Waals surface area (Å²) in [6, 6.07) is 4.34. The minimum absolute atomic E-state index is 0.0308. The standard InChI is InChI=1S/C14H20FN5/c1-9(2)14(3,4)8-20-13(17-18-19-20)10-5-11(15)7-12(16)6-10/h5-7,9H,8,16H2,1-4H3. The third-order valence-corrected chi connectivity index (χ3v) is 3.83. The molecule has 0 saturated heterocycles. The van der Waals surface area contributed by atoms with Gasteiger partial charge >= 0.3 is 0 Å². The molecule has 2 N–H and O–H groups in total. The Balaban J connectivity index is 2.38. The third-order valence-electron chi connectivity index (χ3n) is 3.83. The average Bonchev–Trinajstić information content (AvgIpc) is 2.74. The maximum absolute atomic E-state index is 13.5. The van der Waals surface area contributed by atoms with Crippen LogP contribution >= 0.6 is 0 Å². The van der Waals surface area contributed by atoms with Crippen LogP contribution in [0.3, 0.4) is 0 Å². The molecule has 0 bridgehead atoms. The van der Waals surface area contributed by atoms with Gasteiger partial charge in [0, 0.05) is 11.3 Å². The molecule has 1 aromatic carbocycles. The van der Waals surface area contributed by atoms with Gasteiger partial charge in [-0.15, -0.1) is 5.10 Å². The number of anilines is 1. The zero-order valence-electron chi connectivity index (χ0n) is 12.3. The molecule has 0 aliphatic rings. The number of hydrogen-bond acceptors (Lipinski definition) is 4. The third kappa shape index (κ3) is 2.95. The summed E-state index contributed by atoms with van der Waals surface area (Å²) in [6.45, 7) is 9.28. The number of nitrogen functional groups attached to an aromatic ring is 1. The van der Waals surface area contributed by atoms with Gasteiger partial charge in [-0.05, 0) is 40.0 Å². The summed E-state index contributed by atoms with van der Waals surface area (Å²) >= 11 is 0. The van der Waals surface area contributed by atoms with Crippen molar-refractivity contribution in [3.05, 3.63) is 24.0 Å². The van der Waals surface area contributed by atoms with E-state index in [-0.39, 0.29) is 5.41 Å². The second-order valence-corrected chi connectivity index (χ2v) is 6.08. The van der Waals surface area contributed by atoms with E-state index in [4.69, 9.17) is 5.73 Å². The van der Waals surface area contributed by atoms with Crippen molar-refractivity contribution in [2.45, 2.75) is 34.2 Å². The Labute approximate surface area is 118 Å². The normalized spacial score (nSPS) is 12.1. The van der Waals surface area contributed by atoms with E-state index in [2.05, 4.69) is 43.2 Å².